The predicted molar refractivity (Wildman–Crippen MR) is 256 cm³/mol. The van der Waals surface area contributed by atoms with Crippen LogP contribution in [0.3, 0.4) is 0 Å². The number of benzene rings is 10. The van der Waals surface area contributed by atoms with E-state index in [0.717, 1.165) is 88.0 Å². The van der Waals surface area contributed by atoms with Crippen LogP contribution < -0.4 is 0 Å². The minimum atomic E-state index is 0.589. The van der Waals surface area contributed by atoms with Gasteiger partial charge in [0.05, 0.1) is 11.0 Å². The lowest BCUT2D eigenvalue weighted by atomic mass is 9.93. The smallest absolute Gasteiger partial charge is 0.164 e. The molecule has 0 saturated carbocycles. The van der Waals surface area contributed by atoms with Gasteiger partial charge in [0.25, 0.3) is 0 Å². The first-order chi connectivity index (χ1) is 30.7. The molecule has 3 aromatic heterocycles. The molecule has 0 aliphatic rings. The zero-order valence-corrected chi connectivity index (χ0v) is 33.3. The topological polar surface area (TPSA) is 56.7 Å². The van der Waals surface area contributed by atoms with Crippen LogP contribution in [0.15, 0.2) is 211 Å². The summed E-state index contributed by atoms with van der Waals surface area (Å²) in [5.41, 5.74) is 9.76. The van der Waals surface area contributed by atoms with Gasteiger partial charge in [0.2, 0.25) is 0 Å². The average Bonchev–Trinajstić information content (AvgIpc) is 3.89. The number of rotatable bonds is 5. The summed E-state index contributed by atoms with van der Waals surface area (Å²) in [6, 6.07) is 72.8. The van der Waals surface area contributed by atoms with Gasteiger partial charge in [-0.3, -0.25) is 0 Å². The van der Waals surface area contributed by atoms with E-state index in [9.17, 15) is 0 Å². The second kappa shape index (κ2) is 13.6. The van der Waals surface area contributed by atoms with Crippen molar-refractivity contribution >= 4 is 76.1 Å². The first-order valence-corrected chi connectivity index (χ1v) is 20.9. The lowest BCUT2D eigenvalue weighted by molar-refractivity contribution is 0.669. The molecular formula is C57H34N4O. The quantitative estimate of drug-likeness (QED) is 0.174. The molecule has 0 unspecified atom stereocenters. The van der Waals surface area contributed by atoms with Gasteiger partial charge in [0.1, 0.15) is 11.2 Å². The summed E-state index contributed by atoms with van der Waals surface area (Å²) in [7, 11) is 0. The van der Waals surface area contributed by atoms with Gasteiger partial charge >= 0.3 is 0 Å². The largest absolute Gasteiger partial charge is 0.456 e. The van der Waals surface area contributed by atoms with Crippen LogP contribution >= 0.6 is 0 Å². The Balaban J connectivity index is 1.13. The number of nitrogens with zero attached hydrogens (tertiary/aromatic N) is 4. The third-order valence-electron chi connectivity index (χ3n) is 12.4. The molecule has 13 aromatic rings. The van der Waals surface area contributed by atoms with Crippen molar-refractivity contribution in [3.05, 3.63) is 206 Å². The summed E-state index contributed by atoms with van der Waals surface area (Å²) < 4.78 is 9.07. The molecule has 62 heavy (non-hydrogen) atoms. The van der Waals surface area contributed by atoms with Gasteiger partial charge in [0, 0.05) is 43.9 Å². The monoisotopic (exact) mass is 790 g/mol. The van der Waals surface area contributed by atoms with E-state index in [2.05, 4.69) is 193 Å². The van der Waals surface area contributed by atoms with Crippen molar-refractivity contribution in [3.63, 3.8) is 0 Å². The van der Waals surface area contributed by atoms with Crippen molar-refractivity contribution in [1.82, 2.24) is 19.5 Å². The first-order valence-electron chi connectivity index (χ1n) is 20.9. The minimum Gasteiger partial charge on any atom is -0.456 e. The molecule has 5 nitrogen and oxygen atoms in total. The van der Waals surface area contributed by atoms with Crippen LogP contribution in [0, 0.1) is 0 Å². The van der Waals surface area contributed by atoms with Gasteiger partial charge in [-0.2, -0.15) is 0 Å². The Morgan fingerprint density at radius 2 is 0.968 bits per heavy atom. The van der Waals surface area contributed by atoms with E-state index in [-0.39, 0.29) is 0 Å². The van der Waals surface area contributed by atoms with Gasteiger partial charge in [-0.25, -0.2) is 15.0 Å². The fraction of sp³-hybridized carbons (Fsp3) is 0. The maximum atomic E-state index is 6.67. The van der Waals surface area contributed by atoms with Crippen molar-refractivity contribution in [1.29, 1.82) is 0 Å². The molecule has 0 amide bonds. The fourth-order valence-corrected chi connectivity index (χ4v) is 9.50. The number of aromatic nitrogens is 4. The molecule has 288 valence electrons. The van der Waals surface area contributed by atoms with E-state index in [1.165, 1.54) is 21.5 Å². The third kappa shape index (κ3) is 5.38. The van der Waals surface area contributed by atoms with Crippen molar-refractivity contribution in [3.8, 4) is 51.0 Å². The van der Waals surface area contributed by atoms with E-state index >= 15 is 0 Å². The lowest BCUT2D eigenvalue weighted by Gasteiger charge is -2.16. The van der Waals surface area contributed by atoms with E-state index < -0.39 is 0 Å². The maximum Gasteiger partial charge on any atom is 0.164 e. The second-order valence-corrected chi connectivity index (χ2v) is 16.0. The lowest BCUT2D eigenvalue weighted by Crippen LogP contribution is -2.02. The Bertz CT molecular complexity index is 3940. The number of furan rings is 1. The minimum absolute atomic E-state index is 0.589. The highest BCUT2D eigenvalue weighted by Gasteiger charge is 2.22. The highest BCUT2D eigenvalue weighted by molar-refractivity contribution is 6.23. The van der Waals surface area contributed by atoms with Gasteiger partial charge in [-0.15, -0.1) is 0 Å². The normalized spacial score (nSPS) is 11.9. The molecule has 0 spiro atoms. The molecule has 13 rings (SSSR count). The van der Waals surface area contributed by atoms with Gasteiger partial charge in [0.15, 0.2) is 17.5 Å². The summed E-state index contributed by atoms with van der Waals surface area (Å²) in [5, 5.41) is 11.6. The van der Waals surface area contributed by atoms with Crippen LogP contribution in [0.1, 0.15) is 0 Å². The Kier molecular flexibility index (Phi) is 7.54. The van der Waals surface area contributed by atoms with E-state index in [1.54, 1.807) is 0 Å². The van der Waals surface area contributed by atoms with Crippen LogP contribution in [0.4, 0.5) is 0 Å². The summed E-state index contributed by atoms with van der Waals surface area (Å²) >= 11 is 0. The van der Waals surface area contributed by atoms with Crippen LogP contribution in [-0.2, 0) is 0 Å². The molecule has 0 fully saturated rings. The van der Waals surface area contributed by atoms with Crippen molar-refractivity contribution in [2.24, 2.45) is 0 Å². The molecular weight excluding hydrogens is 757 g/mol. The van der Waals surface area contributed by atoms with Crippen LogP contribution in [0.2, 0.25) is 0 Å². The van der Waals surface area contributed by atoms with Gasteiger partial charge < -0.3 is 8.98 Å². The third-order valence-corrected chi connectivity index (χ3v) is 12.4. The zero-order chi connectivity index (χ0) is 40.7. The van der Waals surface area contributed by atoms with Crippen molar-refractivity contribution in [2.75, 3.05) is 0 Å². The molecule has 0 aliphatic carbocycles. The van der Waals surface area contributed by atoms with Gasteiger partial charge in [-0.05, 0) is 98.0 Å². The van der Waals surface area contributed by atoms with E-state index in [1.807, 2.05) is 18.2 Å². The van der Waals surface area contributed by atoms with Crippen LogP contribution in [-0.4, -0.2) is 19.5 Å². The predicted octanol–water partition coefficient (Wildman–Crippen LogP) is 15.0. The Hall–Kier alpha value is -8.41. The number of hydrogen-bond donors (Lipinski definition) is 0. The molecule has 0 aliphatic heterocycles. The highest BCUT2D eigenvalue weighted by Crippen LogP contribution is 2.44. The summed E-state index contributed by atoms with van der Waals surface area (Å²) in [6.07, 6.45) is 0. The molecule has 5 heteroatoms. The Morgan fingerprint density at radius 3 is 1.81 bits per heavy atom. The van der Waals surface area contributed by atoms with E-state index in [0.29, 0.717) is 17.5 Å². The highest BCUT2D eigenvalue weighted by atomic mass is 16.3. The number of fused-ring (bicyclic) bond motifs is 10. The Labute approximate surface area is 355 Å². The van der Waals surface area contributed by atoms with Crippen LogP contribution in [0.5, 0.6) is 0 Å². The molecule has 0 bridgehead atoms. The first kappa shape index (κ1) is 34.5. The zero-order valence-electron chi connectivity index (χ0n) is 33.3. The Morgan fingerprint density at radius 1 is 0.323 bits per heavy atom. The molecule has 0 atom stereocenters. The number of hydrogen-bond acceptors (Lipinski definition) is 4. The SMILES string of the molecule is c1ccc(-c2nc(-c3ccc4ccccc4c3)nc(-c3ccc(-n4c5ccccc5c5cc6ccccc6cc54)cc3-c3cccc4oc5ccc6ccccc6c5c34)n2)cc1. The van der Waals surface area contributed by atoms with Crippen LogP contribution in [0.25, 0.3) is 127 Å². The summed E-state index contributed by atoms with van der Waals surface area (Å²) in [6.45, 7) is 0. The van der Waals surface area contributed by atoms with Gasteiger partial charge in [-0.1, -0.05) is 152 Å². The number of para-hydroxylation sites is 1. The maximum absolute atomic E-state index is 6.67. The fourth-order valence-electron chi connectivity index (χ4n) is 9.50. The average molecular weight is 791 g/mol. The van der Waals surface area contributed by atoms with Crippen molar-refractivity contribution in [2.45, 2.75) is 0 Å². The molecule has 0 saturated heterocycles. The molecule has 0 radical (unpaired) electrons. The molecule has 3 heterocycles. The standard InChI is InChI=1S/C57H34N4O/c1-2-15-37(16-3-1)55-58-56(41-26-25-35-13-4-5-17-38(35)31-41)60-57(59-55)46-29-28-42(61-49-23-11-10-21-44(49)48-32-39-18-6-7-19-40(39)33-50(48)61)34-47(46)45-22-12-24-51-54(45)53-43-20-9-8-14-36(43)27-30-52(53)62-51/h1-34H. The summed E-state index contributed by atoms with van der Waals surface area (Å²) in [4.78, 5) is 15.8. The second-order valence-electron chi connectivity index (χ2n) is 16.0. The van der Waals surface area contributed by atoms with Crippen molar-refractivity contribution < 1.29 is 4.42 Å². The molecule has 10 aromatic carbocycles. The molecule has 0 N–H and O–H groups in total. The summed E-state index contributed by atoms with van der Waals surface area (Å²) in [5.74, 6) is 1.81. The van der Waals surface area contributed by atoms with E-state index in [4.69, 9.17) is 19.4 Å².